The van der Waals surface area contributed by atoms with Gasteiger partial charge in [0, 0.05) is 6.04 Å². The molecule has 2 atom stereocenters. The second-order valence-corrected chi connectivity index (χ2v) is 6.36. The summed E-state index contributed by atoms with van der Waals surface area (Å²) in [5, 5.41) is 3.39. The Hall–Kier alpha value is -0.0800. The van der Waals surface area contributed by atoms with Crippen LogP contribution in [0, 0.1) is 5.41 Å². The van der Waals surface area contributed by atoms with Gasteiger partial charge < -0.3 is 10.1 Å². The van der Waals surface area contributed by atoms with Crippen LogP contribution in [0.15, 0.2) is 0 Å². The molecular formula is C14H27NO. The van der Waals surface area contributed by atoms with Crippen LogP contribution in [0.2, 0.25) is 0 Å². The van der Waals surface area contributed by atoms with Crippen LogP contribution in [0.5, 0.6) is 0 Å². The highest BCUT2D eigenvalue weighted by atomic mass is 16.5. The molecule has 94 valence electrons. The molecule has 0 radical (unpaired) electrons. The van der Waals surface area contributed by atoms with Crippen LogP contribution in [0.4, 0.5) is 0 Å². The van der Waals surface area contributed by atoms with E-state index in [0.29, 0.717) is 23.7 Å². The number of ether oxygens (including phenoxy) is 1. The molecule has 2 fully saturated rings. The summed E-state index contributed by atoms with van der Waals surface area (Å²) in [6, 6.07) is 0.606. The van der Waals surface area contributed by atoms with Crippen molar-refractivity contribution in [2.24, 2.45) is 5.41 Å². The van der Waals surface area contributed by atoms with Gasteiger partial charge in [0.25, 0.3) is 0 Å². The molecule has 0 amide bonds. The van der Waals surface area contributed by atoms with Crippen molar-refractivity contribution in [2.45, 2.75) is 77.0 Å². The van der Waals surface area contributed by atoms with Crippen molar-refractivity contribution in [3.63, 3.8) is 0 Å². The highest BCUT2D eigenvalue weighted by Crippen LogP contribution is 2.37. The first-order valence-electron chi connectivity index (χ1n) is 6.93. The average molecular weight is 225 g/mol. The molecule has 0 aromatic carbocycles. The number of hydrogen-bond acceptors (Lipinski definition) is 2. The summed E-state index contributed by atoms with van der Waals surface area (Å²) in [7, 11) is 2.07. The van der Waals surface area contributed by atoms with E-state index in [4.69, 9.17) is 4.74 Å². The maximum absolute atomic E-state index is 6.29. The minimum Gasteiger partial charge on any atom is -0.373 e. The Bertz CT molecular complexity index is 217. The predicted molar refractivity (Wildman–Crippen MR) is 67.6 cm³/mol. The summed E-state index contributed by atoms with van der Waals surface area (Å²) >= 11 is 0. The van der Waals surface area contributed by atoms with Crippen molar-refractivity contribution in [3.8, 4) is 0 Å². The highest BCUT2D eigenvalue weighted by molar-refractivity contribution is 4.86. The fourth-order valence-electron chi connectivity index (χ4n) is 3.18. The molecule has 16 heavy (non-hydrogen) atoms. The zero-order chi connectivity index (χ0) is 11.6. The molecule has 2 nitrogen and oxygen atoms in total. The van der Waals surface area contributed by atoms with Crippen LogP contribution in [0.25, 0.3) is 0 Å². The Labute approximate surface area is 100 Å². The summed E-state index contributed by atoms with van der Waals surface area (Å²) < 4.78 is 6.29. The molecular weight excluding hydrogens is 198 g/mol. The largest absolute Gasteiger partial charge is 0.373 e. The number of rotatable bonds is 3. The van der Waals surface area contributed by atoms with Gasteiger partial charge >= 0.3 is 0 Å². The van der Waals surface area contributed by atoms with Gasteiger partial charge in [-0.05, 0) is 57.4 Å². The summed E-state index contributed by atoms with van der Waals surface area (Å²) in [4.78, 5) is 0. The zero-order valence-corrected chi connectivity index (χ0v) is 11.1. The van der Waals surface area contributed by atoms with Crippen LogP contribution in [-0.4, -0.2) is 25.3 Å². The maximum atomic E-state index is 6.29. The second-order valence-electron chi connectivity index (χ2n) is 6.36. The van der Waals surface area contributed by atoms with Crippen molar-refractivity contribution in [2.75, 3.05) is 7.05 Å². The number of hydrogen-bond donors (Lipinski definition) is 1. The highest BCUT2D eigenvalue weighted by Gasteiger charge is 2.32. The number of nitrogens with one attached hydrogen (secondary N) is 1. The van der Waals surface area contributed by atoms with Gasteiger partial charge in [-0.25, -0.2) is 0 Å². The van der Waals surface area contributed by atoms with Crippen molar-refractivity contribution in [1.82, 2.24) is 5.32 Å². The van der Waals surface area contributed by atoms with Crippen LogP contribution < -0.4 is 5.32 Å². The first-order valence-corrected chi connectivity index (χ1v) is 6.93. The average Bonchev–Trinajstić information content (AvgIpc) is 2.68. The topological polar surface area (TPSA) is 21.3 Å². The van der Waals surface area contributed by atoms with Gasteiger partial charge in [-0.1, -0.05) is 13.8 Å². The van der Waals surface area contributed by atoms with E-state index in [2.05, 4.69) is 26.2 Å². The van der Waals surface area contributed by atoms with Crippen LogP contribution >= 0.6 is 0 Å². The van der Waals surface area contributed by atoms with Crippen LogP contribution in [-0.2, 0) is 4.74 Å². The lowest BCUT2D eigenvalue weighted by molar-refractivity contribution is -0.0509. The summed E-state index contributed by atoms with van der Waals surface area (Å²) in [6.07, 6.45) is 10.1. The molecule has 2 heteroatoms. The predicted octanol–water partition coefficient (Wildman–Crippen LogP) is 3.11. The van der Waals surface area contributed by atoms with Crippen molar-refractivity contribution in [3.05, 3.63) is 0 Å². The molecule has 2 saturated carbocycles. The van der Waals surface area contributed by atoms with E-state index in [1.807, 2.05) is 0 Å². The smallest absolute Gasteiger partial charge is 0.0731 e. The normalized spacial score (nSPS) is 35.4. The minimum absolute atomic E-state index is 0.483. The Morgan fingerprint density at radius 1 is 1.06 bits per heavy atom. The first-order chi connectivity index (χ1) is 7.61. The fourth-order valence-corrected chi connectivity index (χ4v) is 3.18. The Morgan fingerprint density at radius 2 is 1.75 bits per heavy atom. The molecule has 0 bridgehead atoms. The minimum atomic E-state index is 0.483. The molecule has 2 rings (SSSR count). The van der Waals surface area contributed by atoms with Gasteiger partial charge in [-0.2, -0.15) is 0 Å². The van der Waals surface area contributed by atoms with Crippen molar-refractivity contribution in [1.29, 1.82) is 0 Å². The van der Waals surface area contributed by atoms with E-state index in [1.165, 1.54) is 44.9 Å². The molecule has 0 aliphatic heterocycles. The lowest BCUT2D eigenvalue weighted by Gasteiger charge is -2.36. The SMILES string of the molecule is CNC1CCCC1OC1CCC(C)(C)CC1. The van der Waals surface area contributed by atoms with Gasteiger partial charge in [0.05, 0.1) is 12.2 Å². The fraction of sp³-hybridized carbons (Fsp3) is 1.00. The summed E-state index contributed by atoms with van der Waals surface area (Å²) in [5.41, 5.74) is 0.554. The van der Waals surface area contributed by atoms with Gasteiger partial charge in [-0.15, -0.1) is 0 Å². The van der Waals surface area contributed by atoms with E-state index in [9.17, 15) is 0 Å². The number of likely N-dealkylation sites (N-methyl/N-ethyl adjacent to an activating group) is 1. The van der Waals surface area contributed by atoms with E-state index >= 15 is 0 Å². The standard InChI is InChI=1S/C14H27NO/c1-14(2)9-7-11(8-10-14)16-13-6-4-5-12(13)15-3/h11-13,15H,4-10H2,1-3H3. The molecule has 2 aliphatic rings. The first kappa shape index (κ1) is 12.4. The molecule has 0 heterocycles. The van der Waals surface area contributed by atoms with Crippen LogP contribution in [0.3, 0.4) is 0 Å². The molecule has 2 aliphatic carbocycles. The molecule has 0 aromatic heterocycles. The van der Waals surface area contributed by atoms with E-state index in [-0.39, 0.29) is 0 Å². The van der Waals surface area contributed by atoms with Gasteiger partial charge in [0.1, 0.15) is 0 Å². The Morgan fingerprint density at radius 3 is 2.38 bits per heavy atom. The quantitative estimate of drug-likeness (QED) is 0.797. The van der Waals surface area contributed by atoms with Gasteiger partial charge in [0.2, 0.25) is 0 Å². The third-order valence-electron chi connectivity index (χ3n) is 4.48. The zero-order valence-electron chi connectivity index (χ0n) is 11.1. The van der Waals surface area contributed by atoms with E-state index in [0.717, 1.165) is 0 Å². The van der Waals surface area contributed by atoms with E-state index < -0.39 is 0 Å². The van der Waals surface area contributed by atoms with Gasteiger partial charge in [-0.3, -0.25) is 0 Å². The lowest BCUT2D eigenvalue weighted by Crippen LogP contribution is -2.38. The molecule has 0 spiro atoms. The monoisotopic (exact) mass is 225 g/mol. The lowest BCUT2D eigenvalue weighted by atomic mass is 9.76. The Kier molecular flexibility index (Phi) is 3.91. The second kappa shape index (κ2) is 5.05. The Balaban J connectivity index is 1.78. The van der Waals surface area contributed by atoms with Crippen LogP contribution in [0.1, 0.15) is 58.8 Å². The van der Waals surface area contributed by atoms with Crippen molar-refractivity contribution >= 4 is 0 Å². The van der Waals surface area contributed by atoms with E-state index in [1.54, 1.807) is 0 Å². The maximum Gasteiger partial charge on any atom is 0.0731 e. The molecule has 1 N–H and O–H groups in total. The molecule has 2 unspecified atom stereocenters. The van der Waals surface area contributed by atoms with Gasteiger partial charge in [0.15, 0.2) is 0 Å². The molecule has 0 aromatic rings. The third-order valence-corrected chi connectivity index (χ3v) is 4.48. The summed E-state index contributed by atoms with van der Waals surface area (Å²) in [5.74, 6) is 0. The van der Waals surface area contributed by atoms with Crippen molar-refractivity contribution < 1.29 is 4.74 Å². The summed E-state index contributed by atoms with van der Waals surface area (Å²) in [6.45, 7) is 4.77. The molecule has 0 saturated heterocycles. The third kappa shape index (κ3) is 2.98.